The molecule has 0 radical (unpaired) electrons. The van der Waals surface area contributed by atoms with Crippen molar-refractivity contribution < 1.29 is 18.4 Å². The van der Waals surface area contributed by atoms with Crippen LogP contribution in [0.5, 0.6) is 11.5 Å². The molecule has 0 N–H and O–H groups in total. The Labute approximate surface area is 220 Å². The molecule has 4 aromatic heterocycles. The number of fused-ring (bicyclic) bond motifs is 2. The zero-order valence-corrected chi connectivity index (χ0v) is 22.3. The van der Waals surface area contributed by atoms with Crippen LogP contribution in [0.25, 0.3) is 28.1 Å². The van der Waals surface area contributed by atoms with Crippen molar-refractivity contribution in [1.29, 1.82) is 0 Å². The van der Waals surface area contributed by atoms with E-state index in [1.54, 1.807) is 29.2 Å². The lowest BCUT2D eigenvalue weighted by atomic mass is 10.2. The van der Waals surface area contributed by atoms with Gasteiger partial charge in [-0.25, -0.2) is 14.5 Å². The van der Waals surface area contributed by atoms with Crippen molar-refractivity contribution in [2.45, 2.75) is 13.5 Å². The molecule has 192 valence electrons. The number of anilines is 1. The molecule has 0 aliphatic carbocycles. The molecule has 10 nitrogen and oxygen atoms in total. The van der Waals surface area contributed by atoms with Gasteiger partial charge in [-0.3, -0.25) is 0 Å². The Morgan fingerprint density at radius 1 is 1.14 bits per heavy atom. The number of rotatable bonds is 7. The number of methoxy groups -OCH3 is 1. The average Bonchev–Trinajstić information content (AvgIpc) is 3.64. The number of aryl methyl sites for hydroxylation is 1. The Kier molecular flexibility index (Phi) is 6.41. The quantitative estimate of drug-likeness (QED) is 0.285. The highest BCUT2D eigenvalue weighted by Crippen LogP contribution is 2.37. The maximum atomic E-state index is 11.7. The van der Waals surface area contributed by atoms with Crippen molar-refractivity contribution in [3.05, 3.63) is 53.3 Å². The van der Waals surface area contributed by atoms with Gasteiger partial charge in [0.25, 0.3) is 0 Å². The molecule has 1 aliphatic rings. The van der Waals surface area contributed by atoms with Crippen LogP contribution in [0.1, 0.15) is 11.4 Å². The summed E-state index contributed by atoms with van der Waals surface area (Å²) in [6.45, 7) is 5.40. The topological polar surface area (TPSA) is 104 Å². The summed E-state index contributed by atoms with van der Waals surface area (Å²) in [6.07, 6.45) is 3.58. The minimum Gasteiger partial charge on any atom is -0.598 e. The number of benzene rings is 1. The monoisotopic (exact) mass is 538 g/mol. The molecule has 5 heterocycles. The number of imidazole rings is 1. The molecule has 1 unspecified atom stereocenters. The maximum Gasteiger partial charge on any atom is 0.185 e. The van der Waals surface area contributed by atoms with E-state index in [9.17, 15) is 4.55 Å². The van der Waals surface area contributed by atoms with Gasteiger partial charge in [-0.1, -0.05) is 0 Å². The zero-order valence-electron chi connectivity index (χ0n) is 20.7. The van der Waals surface area contributed by atoms with Crippen LogP contribution in [0.4, 0.5) is 5.13 Å². The number of furan rings is 1. The van der Waals surface area contributed by atoms with Crippen LogP contribution in [-0.2, 0) is 18.0 Å². The first-order chi connectivity index (χ1) is 18.0. The highest BCUT2D eigenvalue weighted by atomic mass is 32.2. The summed E-state index contributed by atoms with van der Waals surface area (Å²) in [7, 11) is 1.62. The number of thiazole rings is 1. The first kappa shape index (κ1) is 24.0. The van der Waals surface area contributed by atoms with Crippen molar-refractivity contribution in [2.75, 3.05) is 44.4 Å². The maximum absolute atomic E-state index is 11.7. The zero-order chi connectivity index (χ0) is 25.5. The molecule has 6 rings (SSSR count). The SMILES string of the molecule is COc1cc(OCc2csc(N3CCN([S+](C)[O-])CC3)n2)c2cc(-c3cn4nc(C)ccc4n3)oc2c1. The van der Waals surface area contributed by atoms with Gasteiger partial charge < -0.3 is 23.3 Å². The third kappa shape index (κ3) is 4.85. The fourth-order valence-corrected chi connectivity index (χ4v) is 5.88. The Hall–Kier alpha value is -3.32. The molecule has 1 aromatic carbocycles. The number of hydrogen-bond donors (Lipinski definition) is 0. The van der Waals surface area contributed by atoms with Crippen molar-refractivity contribution in [2.24, 2.45) is 0 Å². The van der Waals surface area contributed by atoms with E-state index in [0.29, 0.717) is 35.1 Å². The predicted octanol–water partition coefficient (Wildman–Crippen LogP) is 3.91. The van der Waals surface area contributed by atoms with E-state index < -0.39 is 11.4 Å². The molecule has 1 fully saturated rings. The van der Waals surface area contributed by atoms with Crippen LogP contribution in [0.3, 0.4) is 0 Å². The van der Waals surface area contributed by atoms with Gasteiger partial charge in [0, 0.05) is 42.0 Å². The molecule has 0 spiro atoms. The largest absolute Gasteiger partial charge is 0.598 e. The van der Waals surface area contributed by atoms with Gasteiger partial charge in [-0.15, -0.1) is 15.6 Å². The summed E-state index contributed by atoms with van der Waals surface area (Å²) in [5.74, 6) is 1.91. The van der Waals surface area contributed by atoms with Crippen LogP contribution in [0.15, 0.2) is 46.3 Å². The first-order valence-electron chi connectivity index (χ1n) is 11.8. The van der Waals surface area contributed by atoms with Crippen LogP contribution in [0, 0.1) is 6.92 Å². The molecule has 0 bridgehead atoms. The number of aromatic nitrogens is 4. The number of ether oxygens (including phenoxy) is 2. The van der Waals surface area contributed by atoms with Crippen LogP contribution in [-0.4, -0.2) is 68.0 Å². The Morgan fingerprint density at radius 3 is 2.76 bits per heavy atom. The lowest BCUT2D eigenvalue weighted by Gasteiger charge is -2.33. The molecule has 0 amide bonds. The van der Waals surface area contributed by atoms with Crippen LogP contribution < -0.4 is 14.4 Å². The van der Waals surface area contributed by atoms with E-state index >= 15 is 0 Å². The van der Waals surface area contributed by atoms with Gasteiger partial charge in [0.05, 0.1) is 43.2 Å². The molecule has 5 aromatic rings. The second-order valence-electron chi connectivity index (χ2n) is 8.80. The third-order valence-electron chi connectivity index (χ3n) is 6.30. The summed E-state index contributed by atoms with van der Waals surface area (Å²) >= 11 is 0.668. The number of hydrogen-bond acceptors (Lipinski definition) is 10. The summed E-state index contributed by atoms with van der Waals surface area (Å²) in [5.41, 5.74) is 3.85. The number of piperazine rings is 1. The van der Waals surface area contributed by atoms with Gasteiger partial charge in [-0.05, 0) is 25.1 Å². The van der Waals surface area contributed by atoms with Gasteiger partial charge in [0.15, 0.2) is 16.5 Å². The van der Waals surface area contributed by atoms with Crippen molar-refractivity contribution in [3.63, 3.8) is 0 Å². The van der Waals surface area contributed by atoms with Crippen LogP contribution >= 0.6 is 11.3 Å². The lowest BCUT2D eigenvalue weighted by Crippen LogP contribution is -2.48. The Bertz CT molecular complexity index is 1550. The number of nitrogens with zero attached hydrogens (tertiary/aromatic N) is 6. The average molecular weight is 539 g/mol. The Morgan fingerprint density at radius 2 is 1.97 bits per heavy atom. The van der Waals surface area contributed by atoms with Crippen LogP contribution in [0.2, 0.25) is 0 Å². The second kappa shape index (κ2) is 9.86. The molecular formula is C25H26N6O4S2. The summed E-state index contributed by atoms with van der Waals surface area (Å²) in [5, 5.41) is 8.28. The third-order valence-corrected chi connectivity index (χ3v) is 8.35. The first-order valence-corrected chi connectivity index (χ1v) is 14.2. The highest BCUT2D eigenvalue weighted by molar-refractivity contribution is 7.88. The van der Waals surface area contributed by atoms with Gasteiger partial charge >= 0.3 is 0 Å². The minimum absolute atomic E-state index is 0.315. The van der Waals surface area contributed by atoms with E-state index in [-0.39, 0.29) is 0 Å². The summed E-state index contributed by atoms with van der Waals surface area (Å²) in [4.78, 5) is 11.7. The van der Waals surface area contributed by atoms with Gasteiger partial charge in [0.2, 0.25) is 0 Å². The smallest absolute Gasteiger partial charge is 0.185 e. The molecule has 37 heavy (non-hydrogen) atoms. The van der Waals surface area contributed by atoms with Crippen molar-refractivity contribution >= 4 is 44.4 Å². The van der Waals surface area contributed by atoms with Gasteiger partial charge in [0.1, 0.15) is 35.6 Å². The highest BCUT2D eigenvalue weighted by Gasteiger charge is 2.24. The minimum atomic E-state index is -0.929. The fraction of sp³-hybridized carbons (Fsp3) is 0.320. The fourth-order valence-electron chi connectivity index (χ4n) is 4.34. The van der Waals surface area contributed by atoms with E-state index in [0.717, 1.165) is 53.7 Å². The summed E-state index contributed by atoms with van der Waals surface area (Å²) < 4.78 is 33.3. The molecule has 1 saturated heterocycles. The van der Waals surface area contributed by atoms with E-state index in [1.807, 2.05) is 53.1 Å². The second-order valence-corrected chi connectivity index (χ2v) is 11.0. The predicted molar refractivity (Wildman–Crippen MR) is 144 cm³/mol. The standard InChI is InChI=1S/C25H26N6O4S2/c1-16-4-5-24-27-20(13-31(24)28-16)23-12-19-21(10-18(33-2)11-22(19)35-23)34-14-17-15-36-25(26-17)29-6-8-30(9-7-29)37(3)32/h4-5,10-13,15H,6-9,14H2,1-3H3. The van der Waals surface area contributed by atoms with Crippen molar-refractivity contribution in [1.82, 2.24) is 23.9 Å². The van der Waals surface area contributed by atoms with E-state index in [2.05, 4.69) is 15.0 Å². The normalized spacial score (nSPS) is 15.5. The van der Waals surface area contributed by atoms with E-state index in [1.165, 1.54) is 0 Å². The molecule has 0 saturated carbocycles. The Balaban J connectivity index is 1.22. The molecular weight excluding hydrogens is 512 g/mol. The molecule has 1 atom stereocenters. The van der Waals surface area contributed by atoms with E-state index in [4.69, 9.17) is 18.9 Å². The molecule has 1 aliphatic heterocycles. The summed E-state index contributed by atoms with van der Waals surface area (Å²) in [6, 6.07) is 9.49. The molecule has 12 heteroatoms. The lowest BCUT2D eigenvalue weighted by molar-refractivity contribution is 0.303. The van der Waals surface area contributed by atoms with Gasteiger partial charge in [-0.2, -0.15) is 5.10 Å². The van der Waals surface area contributed by atoms with Crippen molar-refractivity contribution in [3.8, 4) is 23.0 Å².